The average molecular weight is 306 g/mol. The lowest BCUT2D eigenvalue weighted by Gasteiger charge is -2.31. The molecule has 0 saturated heterocycles. The van der Waals surface area contributed by atoms with Crippen LogP contribution in [0.25, 0.3) is 0 Å². The first-order valence-corrected chi connectivity index (χ1v) is 6.61. The van der Waals surface area contributed by atoms with Crippen LogP contribution in [0.2, 0.25) is 0 Å². The van der Waals surface area contributed by atoms with Gasteiger partial charge in [0.1, 0.15) is 11.7 Å². The van der Waals surface area contributed by atoms with Crippen molar-refractivity contribution in [2.75, 3.05) is 11.4 Å². The van der Waals surface area contributed by atoms with Crippen molar-refractivity contribution in [3.8, 4) is 0 Å². The predicted molar refractivity (Wildman–Crippen MR) is 85.9 cm³/mol. The highest BCUT2D eigenvalue weighted by Crippen LogP contribution is 2.27. The number of nitrogen functional groups attached to an aromatic ring is 1. The number of fused-ring (bicyclic) bond motifs is 1. The molecule has 0 unspecified atom stereocenters. The minimum absolute atomic E-state index is 0. The van der Waals surface area contributed by atoms with Crippen molar-refractivity contribution in [1.29, 1.82) is 5.41 Å². The molecule has 3 N–H and O–H groups in total. The predicted octanol–water partition coefficient (Wildman–Crippen LogP) is 3.09. The number of nitrogens with two attached hydrogens (primary N) is 1. The van der Waals surface area contributed by atoms with Crippen LogP contribution >= 0.6 is 12.4 Å². The molecule has 0 atom stereocenters. The van der Waals surface area contributed by atoms with Crippen molar-refractivity contribution in [3.05, 3.63) is 65.0 Å². The Morgan fingerprint density at radius 3 is 2.52 bits per heavy atom. The maximum absolute atomic E-state index is 14.2. The summed E-state index contributed by atoms with van der Waals surface area (Å²) in [5, 5.41) is 7.34. The third-order valence-corrected chi connectivity index (χ3v) is 3.73. The van der Waals surface area contributed by atoms with Crippen molar-refractivity contribution < 1.29 is 4.39 Å². The quantitative estimate of drug-likeness (QED) is 0.662. The number of benzene rings is 2. The van der Waals surface area contributed by atoms with Gasteiger partial charge in [0.2, 0.25) is 0 Å². The third kappa shape index (κ3) is 3.00. The zero-order chi connectivity index (χ0) is 14.1. The summed E-state index contributed by atoms with van der Waals surface area (Å²) >= 11 is 0. The molecule has 0 fully saturated rings. The van der Waals surface area contributed by atoms with Gasteiger partial charge in [0.05, 0.1) is 5.69 Å². The number of rotatable bonds is 2. The van der Waals surface area contributed by atoms with Crippen LogP contribution < -0.4 is 10.6 Å². The molecule has 5 heteroatoms. The van der Waals surface area contributed by atoms with Crippen molar-refractivity contribution >= 4 is 23.9 Å². The van der Waals surface area contributed by atoms with Gasteiger partial charge in [-0.25, -0.2) is 4.39 Å². The molecular formula is C16H17ClFN3. The van der Waals surface area contributed by atoms with Gasteiger partial charge < -0.3 is 10.6 Å². The Labute approximate surface area is 129 Å². The van der Waals surface area contributed by atoms with E-state index in [9.17, 15) is 4.39 Å². The number of hydrogen-bond donors (Lipinski definition) is 2. The van der Waals surface area contributed by atoms with Gasteiger partial charge >= 0.3 is 0 Å². The topological polar surface area (TPSA) is 53.1 Å². The van der Waals surface area contributed by atoms with Crippen molar-refractivity contribution in [3.63, 3.8) is 0 Å². The highest BCUT2D eigenvalue weighted by atomic mass is 35.5. The first-order chi connectivity index (χ1) is 9.65. The largest absolute Gasteiger partial charge is 0.384 e. The smallest absolute Gasteiger partial charge is 0.147 e. The zero-order valence-corrected chi connectivity index (χ0v) is 12.3. The van der Waals surface area contributed by atoms with Crippen LogP contribution in [0.5, 0.6) is 0 Å². The second-order valence-electron chi connectivity index (χ2n) is 5.02. The van der Waals surface area contributed by atoms with Crippen molar-refractivity contribution in [2.45, 2.75) is 13.0 Å². The number of nitrogens with one attached hydrogen (secondary N) is 1. The van der Waals surface area contributed by atoms with E-state index in [-0.39, 0.29) is 24.1 Å². The molecule has 0 radical (unpaired) electrons. The number of anilines is 1. The molecule has 3 nitrogen and oxygen atoms in total. The van der Waals surface area contributed by atoms with Gasteiger partial charge in [-0.3, -0.25) is 5.41 Å². The molecule has 1 heterocycles. The van der Waals surface area contributed by atoms with E-state index < -0.39 is 0 Å². The first-order valence-electron chi connectivity index (χ1n) is 6.61. The first kappa shape index (κ1) is 15.3. The molecule has 2 aromatic carbocycles. The molecular weight excluding hydrogens is 289 g/mol. The molecule has 0 aromatic heterocycles. The molecule has 3 rings (SSSR count). The van der Waals surface area contributed by atoms with Gasteiger partial charge in [0, 0.05) is 18.7 Å². The Hall–Kier alpha value is -2.07. The fourth-order valence-corrected chi connectivity index (χ4v) is 2.63. The number of halogens is 2. The zero-order valence-electron chi connectivity index (χ0n) is 11.5. The lowest BCUT2D eigenvalue weighted by atomic mass is 9.99. The van der Waals surface area contributed by atoms with Crippen molar-refractivity contribution in [2.24, 2.45) is 5.73 Å². The average Bonchev–Trinajstić information content (AvgIpc) is 2.46. The maximum Gasteiger partial charge on any atom is 0.147 e. The number of nitrogens with zero attached hydrogens (tertiary/aromatic N) is 1. The molecule has 2 aromatic rings. The lowest BCUT2D eigenvalue weighted by molar-refractivity contribution is 0.610. The van der Waals surface area contributed by atoms with Crippen LogP contribution in [0.15, 0.2) is 42.5 Å². The van der Waals surface area contributed by atoms with Crippen LogP contribution in [-0.2, 0) is 13.0 Å². The van der Waals surface area contributed by atoms with Crippen molar-refractivity contribution in [1.82, 2.24) is 0 Å². The Morgan fingerprint density at radius 1 is 1.14 bits per heavy atom. The summed E-state index contributed by atoms with van der Waals surface area (Å²) < 4.78 is 14.2. The molecule has 0 amide bonds. The molecule has 0 bridgehead atoms. The molecule has 1 aliphatic rings. The summed E-state index contributed by atoms with van der Waals surface area (Å²) in [7, 11) is 0. The van der Waals surface area contributed by atoms with Crippen LogP contribution in [0.3, 0.4) is 0 Å². The van der Waals surface area contributed by atoms with E-state index in [4.69, 9.17) is 11.1 Å². The monoisotopic (exact) mass is 305 g/mol. The summed E-state index contributed by atoms with van der Waals surface area (Å²) in [5.41, 5.74) is 8.95. The molecule has 21 heavy (non-hydrogen) atoms. The highest BCUT2D eigenvalue weighted by Gasteiger charge is 2.18. The second kappa shape index (κ2) is 6.14. The molecule has 0 spiro atoms. The molecule has 0 saturated carbocycles. The minimum atomic E-state index is -0.322. The standard InChI is InChI=1S/C16H16FN3.ClH/c17-14-9-12(16(18)19)5-6-15(14)20-8-7-11-3-1-2-4-13(11)10-20;/h1-6,9H,7-8,10H2,(H3,18,19);1H. The Balaban J connectivity index is 0.00000161. The fourth-order valence-electron chi connectivity index (χ4n) is 2.63. The summed E-state index contributed by atoms with van der Waals surface area (Å²) in [6.45, 7) is 1.51. The SMILES string of the molecule is Cl.N=C(N)c1ccc(N2CCc3ccccc3C2)c(F)c1. The van der Waals surface area contributed by atoms with Gasteiger partial charge in [-0.15, -0.1) is 12.4 Å². The van der Waals surface area contributed by atoms with Crippen LogP contribution in [-0.4, -0.2) is 12.4 Å². The van der Waals surface area contributed by atoms with E-state index >= 15 is 0 Å². The van der Waals surface area contributed by atoms with Crippen LogP contribution in [0.4, 0.5) is 10.1 Å². The van der Waals surface area contributed by atoms with E-state index in [1.807, 2.05) is 17.0 Å². The van der Waals surface area contributed by atoms with Crippen LogP contribution in [0.1, 0.15) is 16.7 Å². The lowest BCUT2D eigenvalue weighted by Crippen LogP contribution is -2.31. The van der Waals surface area contributed by atoms with Gasteiger partial charge in [-0.1, -0.05) is 24.3 Å². The highest BCUT2D eigenvalue weighted by molar-refractivity contribution is 5.95. The second-order valence-corrected chi connectivity index (χ2v) is 5.02. The van der Waals surface area contributed by atoms with Gasteiger partial charge in [0.25, 0.3) is 0 Å². The Bertz CT molecular complexity index is 672. The summed E-state index contributed by atoms with van der Waals surface area (Å²) in [4.78, 5) is 2.03. The van der Waals surface area contributed by atoms with Gasteiger partial charge in [-0.05, 0) is 35.7 Å². The fraction of sp³-hybridized carbons (Fsp3) is 0.188. The molecule has 1 aliphatic heterocycles. The Kier molecular flexibility index (Phi) is 4.48. The van der Waals surface area contributed by atoms with E-state index in [0.29, 0.717) is 17.8 Å². The summed E-state index contributed by atoms with van der Waals surface area (Å²) in [5.74, 6) is -0.434. The minimum Gasteiger partial charge on any atom is -0.384 e. The van der Waals surface area contributed by atoms with Gasteiger partial charge in [-0.2, -0.15) is 0 Å². The molecule has 110 valence electrons. The molecule has 0 aliphatic carbocycles. The number of amidine groups is 1. The van der Waals surface area contributed by atoms with E-state index in [1.165, 1.54) is 17.2 Å². The maximum atomic E-state index is 14.2. The normalized spacial score (nSPS) is 13.3. The summed E-state index contributed by atoms with van der Waals surface area (Å²) in [6, 6.07) is 13.0. The van der Waals surface area contributed by atoms with Crippen LogP contribution in [0, 0.1) is 11.2 Å². The number of hydrogen-bond acceptors (Lipinski definition) is 2. The van der Waals surface area contributed by atoms with Gasteiger partial charge in [0.15, 0.2) is 0 Å². The summed E-state index contributed by atoms with van der Waals surface area (Å²) in [6.07, 6.45) is 0.921. The Morgan fingerprint density at radius 2 is 1.86 bits per heavy atom. The van der Waals surface area contributed by atoms with E-state index in [2.05, 4.69) is 12.1 Å². The third-order valence-electron chi connectivity index (χ3n) is 3.73. The van der Waals surface area contributed by atoms with E-state index in [1.54, 1.807) is 12.1 Å². The van der Waals surface area contributed by atoms with E-state index in [0.717, 1.165) is 13.0 Å².